The average Bonchev–Trinajstić information content (AvgIpc) is 2.40. The lowest BCUT2D eigenvalue weighted by molar-refractivity contribution is 0.0795. The van der Waals surface area contributed by atoms with Gasteiger partial charge in [0.2, 0.25) is 0 Å². The smallest absolute Gasteiger partial charge is 0.259 e. The lowest BCUT2D eigenvalue weighted by Crippen LogP contribution is -2.32. The van der Waals surface area contributed by atoms with E-state index in [1.54, 1.807) is 12.3 Å². The highest BCUT2D eigenvalue weighted by atomic mass is 79.9. The molecule has 6 nitrogen and oxygen atoms in total. The molecule has 1 amide bonds. The molecule has 1 rings (SSSR count). The zero-order valence-electron chi connectivity index (χ0n) is 10.4. The molecule has 1 aromatic rings. The van der Waals surface area contributed by atoms with Crippen molar-refractivity contribution < 1.29 is 4.79 Å². The molecular formula is C12H12BrN5O. The normalized spacial score (nSPS) is 9.26. The van der Waals surface area contributed by atoms with Crippen LogP contribution in [0.2, 0.25) is 0 Å². The first kappa shape index (κ1) is 14.9. The lowest BCUT2D eigenvalue weighted by Gasteiger charge is -2.18. The summed E-state index contributed by atoms with van der Waals surface area (Å²) in [5, 5.41) is 20.4. The zero-order chi connectivity index (χ0) is 14.3. The Kier molecular flexibility index (Phi) is 5.77. The number of anilines is 1. The number of hydrogen-bond acceptors (Lipinski definition) is 5. The van der Waals surface area contributed by atoms with E-state index in [4.69, 9.17) is 10.5 Å². The molecule has 0 unspecified atom stereocenters. The van der Waals surface area contributed by atoms with Crippen molar-refractivity contribution in [1.29, 1.82) is 10.5 Å². The Hall–Kier alpha value is -2.12. The van der Waals surface area contributed by atoms with Crippen LogP contribution in [0.1, 0.15) is 17.3 Å². The molecule has 7 heteroatoms. The van der Waals surface area contributed by atoms with Crippen molar-refractivity contribution in [1.82, 2.24) is 9.88 Å². The topological polar surface area (TPSA) is 92.8 Å². The molecule has 19 heavy (non-hydrogen) atoms. The molecule has 0 radical (unpaired) electrons. The van der Waals surface area contributed by atoms with Gasteiger partial charge in [-0.25, -0.2) is 4.98 Å². The lowest BCUT2D eigenvalue weighted by atomic mass is 10.2. The van der Waals surface area contributed by atoms with Crippen LogP contribution in [0, 0.1) is 22.7 Å². The van der Waals surface area contributed by atoms with Crippen molar-refractivity contribution in [2.45, 2.75) is 6.92 Å². The first-order valence-corrected chi connectivity index (χ1v) is 6.35. The molecule has 0 bridgehead atoms. The van der Waals surface area contributed by atoms with Gasteiger partial charge in [-0.05, 0) is 28.9 Å². The van der Waals surface area contributed by atoms with Crippen LogP contribution in [-0.4, -0.2) is 35.4 Å². The monoisotopic (exact) mass is 321 g/mol. The van der Waals surface area contributed by atoms with Crippen LogP contribution < -0.4 is 5.32 Å². The highest BCUT2D eigenvalue weighted by Gasteiger charge is 2.19. The van der Waals surface area contributed by atoms with Gasteiger partial charge in [-0.3, -0.25) is 4.79 Å². The number of halogens is 1. The van der Waals surface area contributed by atoms with Gasteiger partial charge < -0.3 is 10.2 Å². The Bertz CT molecular complexity index is 530. The summed E-state index contributed by atoms with van der Waals surface area (Å²) in [6.07, 6.45) is 1.58. The molecule has 0 aliphatic carbocycles. The molecule has 0 aromatic carbocycles. The Morgan fingerprint density at radius 1 is 1.47 bits per heavy atom. The summed E-state index contributed by atoms with van der Waals surface area (Å²) in [7, 11) is 0. The molecule has 1 aromatic heterocycles. The Morgan fingerprint density at radius 2 is 2.11 bits per heavy atom. The molecule has 1 N–H and O–H groups in total. The van der Waals surface area contributed by atoms with Gasteiger partial charge in [0.15, 0.2) is 0 Å². The fourth-order valence-electron chi connectivity index (χ4n) is 1.45. The fourth-order valence-corrected chi connectivity index (χ4v) is 1.78. The number of carbonyl (C=O) groups excluding carboxylic acids is 1. The van der Waals surface area contributed by atoms with Gasteiger partial charge in [0.25, 0.3) is 5.91 Å². The molecule has 1 heterocycles. The average molecular weight is 322 g/mol. The quantitative estimate of drug-likeness (QED) is 0.834. The molecule has 0 aliphatic rings. The highest BCUT2D eigenvalue weighted by Crippen LogP contribution is 2.19. The van der Waals surface area contributed by atoms with Crippen molar-refractivity contribution in [2.75, 3.05) is 25.0 Å². The summed E-state index contributed by atoms with van der Waals surface area (Å²) in [6.45, 7) is 2.24. The fraction of sp³-hybridized carbons (Fsp3) is 0.333. The van der Waals surface area contributed by atoms with Gasteiger partial charge in [0, 0.05) is 17.2 Å². The SMILES string of the molecule is CCNc1ncc(Br)cc1C(=O)N(CC#N)CC#N. The first-order chi connectivity index (χ1) is 9.13. The van der Waals surface area contributed by atoms with Gasteiger partial charge in [-0.15, -0.1) is 0 Å². The Morgan fingerprint density at radius 3 is 2.63 bits per heavy atom. The number of nitriles is 2. The van der Waals surface area contributed by atoms with Gasteiger partial charge in [0.05, 0.1) is 17.7 Å². The summed E-state index contributed by atoms with van der Waals surface area (Å²) >= 11 is 3.25. The standard InChI is InChI=1S/C12H12BrN5O/c1-2-16-11-10(7-9(13)8-17-11)12(19)18(5-3-14)6-4-15/h7-8H,2,5-6H2,1H3,(H,16,17). The van der Waals surface area contributed by atoms with Crippen molar-refractivity contribution in [3.8, 4) is 12.1 Å². The molecular weight excluding hydrogens is 310 g/mol. The van der Waals surface area contributed by atoms with E-state index >= 15 is 0 Å². The second kappa shape index (κ2) is 7.34. The van der Waals surface area contributed by atoms with Gasteiger partial charge >= 0.3 is 0 Å². The third-order valence-corrected chi connectivity index (χ3v) is 2.67. The van der Waals surface area contributed by atoms with Gasteiger partial charge in [0.1, 0.15) is 18.9 Å². The van der Waals surface area contributed by atoms with Crippen molar-refractivity contribution in [2.24, 2.45) is 0 Å². The molecule has 0 saturated heterocycles. The van der Waals surface area contributed by atoms with Crippen LogP contribution in [0.4, 0.5) is 5.82 Å². The van der Waals surface area contributed by atoms with E-state index in [2.05, 4.69) is 26.2 Å². The molecule has 0 saturated carbocycles. The zero-order valence-corrected chi connectivity index (χ0v) is 11.9. The maximum atomic E-state index is 12.3. The number of nitrogens with one attached hydrogen (secondary N) is 1. The summed E-state index contributed by atoms with van der Waals surface area (Å²) in [5.74, 6) is 0.0458. The Balaban J connectivity index is 3.12. The maximum absolute atomic E-state index is 12.3. The molecule has 98 valence electrons. The van der Waals surface area contributed by atoms with Gasteiger partial charge in [-0.2, -0.15) is 10.5 Å². The van der Waals surface area contributed by atoms with E-state index in [0.29, 0.717) is 22.4 Å². The third kappa shape index (κ3) is 3.94. The maximum Gasteiger partial charge on any atom is 0.259 e. The van der Waals surface area contributed by atoms with E-state index < -0.39 is 5.91 Å². The van der Waals surface area contributed by atoms with Crippen LogP contribution in [-0.2, 0) is 0 Å². The summed E-state index contributed by atoms with van der Waals surface area (Å²) in [4.78, 5) is 17.6. The minimum Gasteiger partial charge on any atom is -0.370 e. The van der Waals surface area contributed by atoms with Crippen molar-refractivity contribution in [3.05, 3.63) is 22.3 Å². The summed E-state index contributed by atoms with van der Waals surface area (Å²) in [5.41, 5.74) is 0.335. The highest BCUT2D eigenvalue weighted by molar-refractivity contribution is 9.10. The van der Waals surface area contributed by atoms with Crippen molar-refractivity contribution in [3.63, 3.8) is 0 Å². The second-order valence-electron chi connectivity index (χ2n) is 3.56. The van der Waals surface area contributed by atoms with Crippen LogP contribution in [0.25, 0.3) is 0 Å². The number of rotatable bonds is 5. The minimum atomic E-state index is -0.396. The summed E-state index contributed by atoms with van der Waals surface area (Å²) < 4.78 is 0.659. The van der Waals surface area contributed by atoms with Crippen LogP contribution in [0.3, 0.4) is 0 Å². The molecule has 0 fully saturated rings. The van der Waals surface area contributed by atoms with Crippen LogP contribution in [0.5, 0.6) is 0 Å². The predicted octanol–water partition coefficient (Wildman–Crippen LogP) is 1.77. The van der Waals surface area contributed by atoms with E-state index in [0.717, 1.165) is 0 Å². The summed E-state index contributed by atoms with van der Waals surface area (Å²) in [6, 6.07) is 5.36. The third-order valence-electron chi connectivity index (χ3n) is 2.24. The number of pyridine rings is 1. The number of carbonyl (C=O) groups is 1. The van der Waals surface area contributed by atoms with E-state index in [-0.39, 0.29) is 13.1 Å². The van der Waals surface area contributed by atoms with Crippen molar-refractivity contribution >= 4 is 27.7 Å². The first-order valence-electron chi connectivity index (χ1n) is 5.56. The minimum absolute atomic E-state index is 0.134. The number of nitrogens with zero attached hydrogens (tertiary/aromatic N) is 4. The second-order valence-corrected chi connectivity index (χ2v) is 4.47. The number of amides is 1. The number of hydrogen-bond donors (Lipinski definition) is 1. The molecule has 0 atom stereocenters. The van der Waals surface area contributed by atoms with Crippen LogP contribution >= 0.6 is 15.9 Å². The van der Waals surface area contributed by atoms with Crippen LogP contribution in [0.15, 0.2) is 16.7 Å². The van der Waals surface area contributed by atoms with E-state index in [1.807, 2.05) is 19.1 Å². The predicted molar refractivity (Wildman–Crippen MR) is 73.2 cm³/mol. The van der Waals surface area contributed by atoms with E-state index in [1.165, 1.54) is 4.90 Å². The van der Waals surface area contributed by atoms with E-state index in [9.17, 15) is 4.79 Å². The molecule has 0 spiro atoms. The molecule has 0 aliphatic heterocycles. The van der Waals surface area contributed by atoms with Gasteiger partial charge in [-0.1, -0.05) is 0 Å². The Labute approximate surface area is 119 Å². The largest absolute Gasteiger partial charge is 0.370 e. The number of aromatic nitrogens is 1.